The first-order chi connectivity index (χ1) is 10.4. The van der Waals surface area contributed by atoms with Gasteiger partial charge in [-0.15, -0.1) is 0 Å². The SMILES string of the molecule is FC(F)(F)c1ccc(COc2nc(Br)cn3ccnc23)cc1. The molecule has 0 radical (unpaired) electrons. The van der Waals surface area contributed by atoms with E-state index < -0.39 is 11.7 Å². The summed E-state index contributed by atoms with van der Waals surface area (Å²) in [6.07, 6.45) is 0.738. The van der Waals surface area contributed by atoms with Crippen LogP contribution in [0.2, 0.25) is 0 Å². The number of ether oxygens (including phenoxy) is 1. The summed E-state index contributed by atoms with van der Waals surface area (Å²) < 4.78 is 45.4. The summed E-state index contributed by atoms with van der Waals surface area (Å²) in [5.74, 6) is 0.305. The van der Waals surface area contributed by atoms with Crippen molar-refractivity contribution in [2.75, 3.05) is 0 Å². The first-order valence-corrected chi connectivity index (χ1v) is 7.01. The number of hydrogen-bond donors (Lipinski definition) is 0. The van der Waals surface area contributed by atoms with Crippen molar-refractivity contribution in [2.24, 2.45) is 0 Å². The van der Waals surface area contributed by atoms with E-state index in [1.165, 1.54) is 12.1 Å². The molecule has 0 bridgehead atoms. The largest absolute Gasteiger partial charge is 0.470 e. The maximum absolute atomic E-state index is 12.5. The van der Waals surface area contributed by atoms with E-state index in [0.717, 1.165) is 12.1 Å². The maximum atomic E-state index is 12.5. The molecule has 0 atom stereocenters. The number of halogens is 4. The summed E-state index contributed by atoms with van der Waals surface area (Å²) in [5, 5.41) is 0. The molecule has 0 spiro atoms. The fourth-order valence-corrected chi connectivity index (χ4v) is 2.29. The monoisotopic (exact) mass is 371 g/mol. The number of rotatable bonds is 3. The summed E-state index contributed by atoms with van der Waals surface area (Å²) in [6, 6.07) is 4.81. The number of nitrogens with zero attached hydrogens (tertiary/aromatic N) is 3. The number of benzene rings is 1. The van der Waals surface area contributed by atoms with Crippen molar-refractivity contribution >= 4 is 21.6 Å². The van der Waals surface area contributed by atoms with Crippen molar-refractivity contribution in [3.63, 3.8) is 0 Å². The van der Waals surface area contributed by atoms with Crippen LogP contribution in [0.3, 0.4) is 0 Å². The average molecular weight is 372 g/mol. The Morgan fingerprint density at radius 1 is 1.18 bits per heavy atom. The molecule has 8 heteroatoms. The molecule has 4 nitrogen and oxygen atoms in total. The summed E-state index contributed by atoms with van der Waals surface area (Å²) in [4.78, 5) is 8.30. The molecule has 3 rings (SSSR count). The summed E-state index contributed by atoms with van der Waals surface area (Å²) in [5.41, 5.74) is 0.460. The Kier molecular flexibility index (Phi) is 3.78. The molecule has 0 N–H and O–H groups in total. The van der Waals surface area contributed by atoms with E-state index in [1.807, 2.05) is 0 Å². The standard InChI is InChI=1S/C14H9BrF3N3O/c15-11-7-21-6-5-19-12(21)13(20-11)22-8-9-1-3-10(4-2-9)14(16,17)18/h1-7H,8H2. The van der Waals surface area contributed by atoms with Crippen LogP contribution in [0.5, 0.6) is 5.88 Å². The van der Waals surface area contributed by atoms with Gasteiger partial charge in [-0.25, -0.2) is 9.97 Å². The Morgan fingerprint density at radius 2 is 1.91 bits per heavy atom. The third kappa shape index (κ3) is 3.06. The zero-order chi connectivity index (χ0) is 15.7. The van der Waals surface area contributed by atoms with Gasteiger partial charge in [0, 0.05) is 18.6 Å². The van der Waals surface area contributed by atoms with Gasteiger partial charge in [0.1, 0.15) is 11.2 Å². The second-order valence-corrected chi connectivity index (χ2v) is 5.32. The minimum atomic E-state index is -4.34. The zero-order valence-electron chi connectivity index (χ0n) is 11.0. The fraction of sp³-hybridized carbons (Fsp3) is 0.143. The van der Waals surface area contributed by atoms with E-state index in [1.54, 1.807) is 23.0 Å². The molecule has 0 aliphatic heterocycles. The Bertz CT molecular complexity index is 799. The van der Waals surface area contributed by atoms with Gasteiger partial charge in [0.25, 0.3) is 5.88 Å². The van der Waals surface area contributed by atoms with Gasteiger partial charge in [0.05, 0.1) is 5.56 Å². The minimum absolute atomic E-state index is 0.101. The van der Waals surface area contributed by atoms with Crippen molar-refractivity contribution in [3.8, 4) is 5.88 Å². The quantitative estimate of drug-likeness (QED) is 0.695. The average Bonchev–Trinajstić information content (AvgIpc) is 2.92. The molecule has 0 aliphatic rings. The molecule has 0 unspecified atom stereocenters. The van der Waals surface area contributed by atoms with Gasteiger partial charge in [0.2, 0.25) is 5.65 Å². The fourth-order valence-electron chi connectivity index (χ4n) is 1.91. The summed E-state index contributed by atoms with van der Waals surface area (Å²) >= 11 is 3.26. The van der Waals surface area contributed by atoms with E-state index in [0.29, 0.717) is 21.7 Å². The molecular weight excluding hydrogens is 363 g/mol. The van der Waals surface area contributed by atoms with Gasteiger partial charge >= 0.3 is 6.18 Å². The second kappa shape index (κ2) is 5.60. The lowest BCUT2D eigenvalue weighted by atomic mass is 10.1. The Hall–Kier alpha value is -2.09. The van der Waals surface area contributed by atoms with Crippen molar-refractivity contribution in [2.45, 2.75) is 12.8 Å². The number of fused-ring (bicyclic) bond motifs is 1. The van der Waals surface area contributed by atoms with E-state index >= 15 is 0 Å². The van der Waals surface area contributed by atoms with Crippen LogP contribution >= 0.6 is 15.9 Å². The van der Waals surface area contributed by atoms with Crippen LogP contribution in [0.1, 0.15) is 11.1 Å². The van der Waals surface area contributed by atoms with E-state index in [9.17, 15) is 13.2 Å². The first kappa shape index (κ1) is 14.8. The normalized spacial score (nSPS) is 11.8. The van der Waals surface area contributed by atoms with Crippen molar-refractivity contribution in [3.05, 3.63) is 58.6 Å². The van der Waals surface area contributed by atoms with Crippen LogP contribution in [0.4, 0.5) is 13.2 Å². The molecule has 2 heterocycles. The number of imidazole rings is 1. The Balaban J connectivity index is 1.78. The molecule has 1 aromatic carbocycles. The lowest BCUT2D eigenvalue weighted by Gasteiger charge is -2.09. The van der Waals surface area contributed by atoms with Gasteiger partial charge in [-0.05, 0) is 33.6 Å². The zero-order valence-corrected chi connectivity index (χ0v) is 12.6. The third-order valence-electron chi connectivity index (χ3n) is 2.97. The lowest BCUT2D eigenvalue weighted by molar-refractivity contribution is -0.137. The van der Waals surface area contributed by atoms with Crippen molar-refractivity contribution in [1.29, 1.82) is 0 Å². The van der Waals surface area contributed by atoms with E-state index in [-0.39, 0.29) is 6.61 Å². The number of aromatic nitrogens is 3. The molecule has 0 fully saturated rings. The van der Waals surface area contributed by atoms with Gasteiger partial charge in [-0.3, -0.25) is 4.40 Å². The minimum Gasteiger partial charge on any atom is -0.470 e. The maximum Gasteiger partial charge on any atom is 0.416 e. The molecule has 0 amide bonds. The van der Waals surface area contributed by atoms with Gasteiger partial charge < -0.3 is 4.74 Å². The van der Waals surface area contributed by atoms with Crippen molar-refractivity contribution in [1.82, 2.24) is 14.4 Å². The predicted octanol–water partition coefficient (Wildman–Crippen LogP) is 4.09. The van der Waals surface area contributed by atoms with Crippen molar-refractivity contribution < 1.29 is 17.9 Å². The van der Waals surface area contributed by atoms with Gasteiger partial charge in [-0.2, -0.15) is 13.2 Å². The van der Waals surface area contributed by atoms with Crippen LogP contribution in [0.15, 0.2) is 47.5 Å². The molecule has 2 aromatic heterocycles. The van der Waals surface area contributed by atoms with Gasteiger partial charge in [0.15, 0.2) is 0 Å². The molecule has 0 saturated carbocycles. The number of hydrogen-bond acceptors (Lipinski definition) is 3. The van der Waals surface area contributed by atoms with E-state index in [4.69, 9.17) is 4.74 Å². The smallest absolute Gasteiger partial charge is 0.416 e. The predicted molar refractivity (Wildman–Crippen MR) is 76.5 cm³/mol. The third-order valence-corrected chi connectivity index (χ3v) is 3.35. The molecule has 0 saturated heterocycles. The second-order valence-electron chi connectivity index (χ2n) is 4.51. The Morgan fingerprint density at radius 3 is 2.59 bits per heavy atom. The van der Waals surface area contributed by atoms with Crippen LogP contribution in [0.25, 0.3) is 5.65 Å². The molecule has 3 aromatic rings. The van der Waals surface area contributed by atoms with E-state index in [2.05, 4.69) is 25.9 Å². The highest BCUT2D eigenvalue weighted by molar-refractivity contribution is 9.10. The van der Waals surface area contributed by atoms with Crippen LogP contribution in [-0.4, -0.2) is 14.4 Å². The lowest BCUT2D eigenvalue weighted by Crippen LogP contribution is -2.05. The summed E-state index contributed by atoms with van der Waals surface area (Å²) in [6.45, 7) is 0.101. The first-order valence-electron chi connectivity index (χ1n) is 6.21. The van der Waals surface area contributed by atoms with Gasteiger partial charge in [-0.1, -0.05) is 12.1 Å². The Labute approximate surface area is 131 Å². The molecular formula is C14H9BrF3N3O. The highest BCUT2D eigenvalue weighted by Crippen LogP contribution is 2.29. The highest BCUT2D eigenvalue weighted by Gasteiger charge is 2.29. The topological polar surface area (TPSA) is 39.4 Å². The van der Waals surface area contributed by atoms with Crippen LogP contribution in [-0.2, 0) is 12.8 Å². The molecule has 114 valence electrons. The molecule has 0 aliphatic carbocycles. The van der Waals surface area contributed by atoms with Crippen LogP contribution in [0, 0.1) is 0 Å². The molecule has 22 heavy (non-hydrogen) atoms. The number of alkyl halides is 3. The van der Waals surface area contributed by atoms with Crippen LogP contribution < -0.4 is 4.74 Å². The highest BCUT2D eigenvalue weighted by atomic mass is 79.9. The summed E-state index contributed by atoms with van der Waals surface area (Å²) in [7, 11) is 0.